The third kappa shape index (κ3) is 3.09. The Morgan fingerprint density at radius 2 is 2.00 bits per heavy atom. The number of rotatable bonds is 3. The molecule has 7 heteroatoms. The Balaban J connectivity index is 1.44. The number of piperazine rings is 1. The van der Waals surface area contributed by atoms with Gasteiger partial charge in [-0.3, -0.25) is 4.79 Å². The Kier molecular flexibility index (Phi) is 4.12. The van der Waals surface area contributed by atoms with Crippen LogP contribution in [0.15, 0.2) is 23.6 Å². The minimum absolute atomic E-state index is 0.158. The zero-order chi connectivity index (χ0) is 16.5. The molecule has 1 aromatic carbocycles. The van der Waals surface area contributed by atoms with Crippen molar-refractivity contribution in [1.82, 2.24) is 14.8 Å². The summed E-state index contributed by atoms with van der Waals surface area (Å²) in [6, 6.07) is 5.81. The lowest BCUT2D eigenvalue weighted by Gasteiger charge is -2.32. The van der Waals surface area contributed by atoms with Crippen LogP contribution in [0.4, 0.5) is 0 Å². The lowest BCUT2D eigenvalue weighted by atomic mass is 10.2. The molecule has 6 nitrogen and oxygen atoms in total. The maximum absolute atomic E-state index is 12.4. The highest BCUT2D eigenvalue weighted by atomic mass is 32.1. The number of amides is 1. The molecule has 0 radical (unpaired) electrons. The van der Waals surface area contributed by atoms with E-state index >= 15 is 0 Å². The Hall–Kier alpha value is -2.12. The fraction of sp³-hybridized carbons (Fsp3) is 0.412. The number of nitrogens with zero attached hydrogens (tertiary/aromatic N) is 3. The second-order valence-electron chi connectivity index (χ2n) is 6.07. The molecule has 2 aliphatic rings. The van der Waals surface area contributed by atoms with Gasteiger partial charge in [-0.25, -0.2) is 4.98 Å². The normalized spacial score (nSPS) is 17.3. The molecule has 0 spiro atoms. The van der Waals surface area contributed by atoms with Crippen molar-refractivity contribution in [3.63, 3.8) is 0 Å². The van der Waals surface area contributed by atoms with Gasteiger partial charge < -0.3 is 19.3 Å². The maximum atomic E-state index is 12.4. The van der Waals surface area contributed by atoms with E-state index in [9.17, 15) is 4.79 Å². The van der Waals surface area contributed by atoms with Crippen molar-refractivity contribution in [3.8, 4) is 22.1 Å². The van der Waals surface area contributed by atoms with Gasteiger partial charge in [0, 0.05) is 37.1 Å². The monoisotopic (exact) mass is 345 g/mol. The first-order valence-corrected chi connectivity index (χ1v) is 8.88. The Bertz CT molecular complexity index is 753. The second kappa shape index (κ2) is 6.41. The molecule has 2 aromatic rings. The number of hydrogen-bond acceptors (Lipinski definition) is 6. The fourth-order valence-corrected chi connectivity index (χ4v) is 3.69. The van der Waals surface area contributed by atoms with Gasteiger partial charge in [-0.05, 0) is 25.2 Å². The number of carbonyl (C=O) groups is 1. The van der Waals surface area contributed by atoms with E-state index in [1.54, 1.807) is 11.3 Å². The predicted octanol–water partition coefficient (Wildman–Crippen LogP) is 1.86. The van der Waals surface area contributed by atoms with Crippen LogP contribution in [0.3, 0.4) is 0 Å². The van der Waals surface area contributed by atoms with Gasteiger partial charge in [0.2, 0.25) is 12.7 Å². The first kappa shape index (κ1) is 15.4. The summed E-state index contributed by atoms with van der Waals surface area (Å²) in [5.74, 6) is 1.67. The molecule has 4 rings (SSSR count). The van der Waals surface area contributed by atoms with Crippen molar-refractivity contribution in [1.29, 1.82) is 0 Å². The van der Waals surface area contributed by atoms with Crippen LogP contribution < -0.4 is 9.47 Å². The lowest BCUT2D eigenvalue weighted by Crippen LogP contribution is -2.47. The molecule has 0 aliphatic carbocycles. The Morgan fingerprint density at radius 3 is 2.83 bits per heavy atom. The van der Waals surface area contributed by atoms with Gasteiger partial charge in [0.1, 0.15) is 5.01 Å². The number of benzene rings is 1. The van der Waals surface area contributed by atoms with E-state index in [-0.39, 0.29) is 12.7 Å². The van der Waals surface area contributed by atoms with Crippen molar-refractivity contribution in [2.75, 3.05) is 40.0 Å². The minimum Gasteiger partial charge on any atom is -0.454 e. The highest BCUT2D eigenvalue weighted by molar-refractivity contribution is 7.13. The molecule has 0 N–H and O–H groups in total. The van der Waals surface area contributed by atoms with Crippen LogP contribution in [-0.2, 0) is 11.2 Å². The topological polar surface area (TPSA) is 54.9 Å². The fourth-order valence-electron chi connectivity index (χ4n) is 2.87. The second-order valence-corrected chi connectivity index (χ2v) is 6.93. The Morgan fingerprint density at radius 1 is 1.21 bits per heavy atom. The lowest BCUT2D eigenvalue weighted by molar-refractivity contribution is -0.132. The van der Waals surface area contributed by atoms with Crippen molar-refractivity contribution < 1.29 is 14.3 Å². The first-order valence-electron chi connectivity index (χ1n) is 8.00. The zero-order valence-electron chi connectivity index (χ0n) is 13.5. The predicted molar refractivity (Wildman–Crippen MR) is 91.5 cm³/mol. The summed E-state index contributed by atoms with van der Waals surface area (Å²) in [6.07, 6.45) is 0.366. The number of carbonyl (C=O) groups excluding carboxylic acids is 1. The quantitative estimate of drug-likeness (QED) is 0.850. The van der Waals surface area contributed by atoms with E-state index in [1.807, 2.05) is 28.5 Å². The molecule has 0 unspecified atom stereocenters. The van der Waals surface area contributed by atoms with E-state index < -0.39 is 0 Å². The van der Waals surface area contributed by atoms with Gasteiger partial charge in [0.15, 0.2) is 11.5 Å². The summed E-state index contributed by atoms with van der Waals surface area (Å²) in [4.78, 5) is 21.2. The summed E-state index contributed by atoms with van der Waals surface area (Å²) >= 11 is 1.55. The van der Waals surface area contributed by atoms with Crippen LogP contribution >= 0.6 is 11.3 Å². The van der Waals surface area contributed by atoms with Crippen molar-refractivity contribution >= 4 is 17.2 Å². The molecular formula is C17H19N3O3S. The number of ether oxygens (including phenoxy) is 2. The van der Waals surface area contributed by atoms with E-state index in [4.69, 9.17) is 9.47 Å². The van der Waals surface area contributed by atoms with Crippen LogP contribution in [0.5, 0.6) is 11.5 Å². The van der Waals surface area contributed by atoms with Crippen LogP contribution in [0, 0.1) is 0 Å². The smallest absolute Gasteiger partial charge is 0.231 e. The van der Waals surface area contributed by atoms with Gasteiger partial charge in [-0.2, -0.15) is 0 Å². The van der Waals surface area contributed by atoms with Crippen LogP contribution in [0.1, 0.15) is 5.69 Å². The summed E-state index contributed by atoms with van der Waals surface area (Å²) < 4.78 is 10.7. The minimum atomic E-state index is 0.158. The zero-order valence-corrected chi connectivity index (χ0v) is 14.3. The van der Waals surface area contributed by atoms with Gasteiger partial charge in [-0.1, -0.05) is 0 Å². The van der Waals surface area contributed by atoms with Gasteiger partial charge in [0.25, 0.3) is 0 Å². The van der Waals surface area contributed by atoms with E-state index in [2.05, 4.69) is 16.9 Å². The summed E-state index contributed by atoms with van der Waals surface area (Å²) in [6.45, 7) is 3.74. The van der Waals surface area contributed by atoms with Gasteiger partial charge >= 0.3 is 0 Å². The number of fused-ring (bicyclic) bond motifs is 1. The summed E-state index contributed by atoms with van der Waals surface area (Å²) in [5, 5.41) is 2.86. The highest BCUT2D eigenvalue weighted by Crippen LogP contribution is 2.36. The molecule has 1 aromatic heterocycles. The van der Waals surface area contributed by atoms with Crippen molar-refractivity contribution in [2.45, 2.75) is 6.42 Å². The largest absolute Gasteiger partial charge is 0.454 e. The average molecular weight is 345 g/mol. The van der Waals surface area contributed by atoms with Crippen molar-refractivity contribution in [3.05, 3.63) is 29.3 Å². The molecule has 0 bridgehead atoms. The molecule has 1 amide bonds. The molecule has 0 saturated carbocycles. The third-order valence-corrected chi connectivity index (χ3v) is 5.30. The van der Waals surface area contributed by atoms with Gasteiger partial charge in [0.05, 0.1) is 12.1 Å². The number of hydrogen-bond donors (Lipinski definition) is 0. The molecule has 1 saturated heterocycles. The van der Waals surface area contributed by atoms with Gasteiger partial charge in [-0.15, -0.1) is 11.3 Å². The van der Waals surface area contributed by atoms with Crippen LogP contribution in [-0.4, -0.2) is 60.7 Å². The van der Waals surface area contributed by atoms with E-state index in [1.165, 1.54) is 0 Å². The number of likely N-dealkylation sites (N-methyl/N-ethyl adjacent to an activating group) is 1. The number of thiazole rings is 1. The SMILES string of the molecule is CN1CCN(C(=O)Cc2csc(-c3ccc4c(c3)OCO4)n2)CC1. The highest BCUT2D eigenvalue weighted by Gasteiger charge is 2.20. The maximum Gasteiger partial charge on any atom is 0.231 e. The molecular weight excluding hydrogens is 326 g/mol. The number of aromatic nitrogens is 1. The molecule has 126 valence electrons. The molecule has 2 aliphatic heterocycles. The Labute approximate surface area is 144 Å². The first-order chi connectivity index (χ1) is 11.7. The van der Waals surface area contributed by atoms with Crippen LogP contribution in [0.25, 0.3) is 10.6 Å². The van der Waals surface area contributed by atoms with E-state index in [0.717, 1.165) is 53.9 Å². The van der Waals surface area contributed by atoms with Crippen LogP contribution in [0.2, 0.25) is 0 Å². The average Bonchev–Trinajstić information content (AvgIpc) is 3.23. The summed E-state index contributed by atoms with van der Waals surface area (Å²) in [7, 11) is 2.08. The summed E-state index contributed by atoms with van der Waals surface area (Å²) in [5.41, 5.74) is 1.82. The van der Waals surface area contributed by atoms with E-state index in [0.29, 0.717) is 6.42 Å². The molecule has 1 fully saturated rings. The molecule has 24 heavy (non-hydrogen) atoms. The molecule has 3 heterocycles. The third-order valence-electron chi connectivity index (χ3n) is 4.36. The standard InChI is InChI=1S/C17H19N3O3S/c1-19-4-6-20(7-5-19)16(21)9-13-10-24-17(18-13)12-2-3-14-15(8-12)23-11-22-14/h2-3,8,10H,4-7,9,11H2,1H3. The van der Waals surface area contributed by atoms with Crippen molar-refractivity contribution in [2.24, 2.45) is 0 Å². The molecule has 0 atom stereocenters.